The molecule has 0 aliphatic rings. The van der Waals surface area contributed by atoms with E-state index < -0.39 is 4.92 Å². The molecule has 0 bridgehead atoms. The van der Waals surface area contributed by atoms with Gasteiger partial charge in [0.25, 0.3) is 11.6 Å². The van der Waals surface area contributed by atoms with Crippen molar-refractivity contribution < 1.29 is 9.72 Å². The largest absolute Gasteiger partial charge is 0.347 e. The van der Waals surface area contributed by atoms with Crippen molar-refractivity contribution >= 4 is 22.9 Å². The van der Waals surface area contributed by atoms with Crippen LogP contribution in [0.25, 0.3) is 10.6 Å². The van der Waals surface area contributed by atoms with Crippen LogP contribution in [-0.4, -0.2) is 15.8 Å². The molecule has 7 heteroatoms. The zero-order valence-electron chi connectivity index (χ0n) is 13.4. The van der Waals surface area contributed by atoms with Gasteiger partial charge >= 0.3 is 0 Å². The maximum atomic E-state index is 12.2. The van der Waals surface area contributed by atoms with Crippen LogP contribution in [0, 0.1) is 17.0 Å². The summed E-state index contributed by atoms with van der Waals surface area (Å²) < 4.78 is 0. The lowest BCUT2D eigenvalue weighted by Gasteiger charge is -2.04. The van der Waals surface area contributed by atoms with Crippen molar-refractivity contribution in [2.45, 2.75) is 13.5 Å². The Balaban J connectivity index is 1.68. The van der Waals surface area contributed by atoms with E-state index in [9.17, 15) is 14.9 Å². The average Bonchev–Trinajstić information content (AvgIpc) is 3.01. The predicted octanol–water partition coefficient (Wildman–Crippen LogP) is 3.96. The fourth-order valence-corrected chi connectivity index (χ4v) is 3.30. The molecule has 0 saturated heterocycles. The number of nitro groups is 1. The van der Waals surface area contributed by atoms with Gasteiger partial charge in [-0.05, 0) is 19.1 Å². The molecule has 1 N–H and O–H groups in total. The van der Waals surface area contributed by atoms with E-state index in [1.165, 1.54) is 24.3 Å². The molecular formula is C18H15N3O3S. The van der Waals surface area contributed by atoms with Crippen LogP contribution in [0.5, 0.6) is 0 Å². The number of amides is 1. The van der Waals surface area contributed by atoms with Crippen LogP contribution in [-0.2, 0) is 6.54 Å². The number of nitrogens with one attached hydrogen (secondary N) is 1. The summed E-state index contributed by atoms with van der Waals surface area (Å²) in [6, 6.07) is 15.4. The van der Waals surface area contributed by atoms with Crippen molar-refractivity contribution in [3.63, 3.8) is 0 Å². The first-order chi connectivity index (χ1) is 12.0. The van der Waals surface area contributed by atoms with E-state index in [2.05, 4.69) is 10.3 Å². The molecule has 3 rings (SSSR count). The number of carbonyl (C=O) groups excluding carboxylic acids is 1. The van der Waals surface area contributed by atoms with E-state index in [1.807, 2.05) is 37.3 Å². The van der Waals surface area contributed by atoms with E-state index in [-0.39, 0.29) is 11.6 Å². The lowest BCUT2D eigenvalue weighted by molar-refractivity contribution is -0.384. The summed E-state index contributed by atoms with van der Waals surface area (Å²) in [5.41, 5.74) is 2.27. The van der Waals surface area contributed by atoms with E-state index in [0.717, 1.165) is 21.1 Å². The number of benzene rings is 2. The lowest BCUT2D eigenvalue weighted by Crippen LogP contribution is -2.22. The maximum absolute atomic E-state index is 12.2. The van der Waals surface area contributed by atoms with E-state index in [4.69, 9.17) is 0 Å². The minimum Gasteiger partial charge on any atom is -0.347 e. The van der Waals surface area contributed by atoms with Gasteiger partial charge in [0, 0.05) is 28.1 Å². The summed E-state index contributed by atoms with van der Waals surface area (Å²) in [5, 5.41) is 14.4. The summed E-state index contributed by atoms with van der Waals surface area (Å²) >= 11 is 1.54. The van der Waals surface area contributed by atoms with Gasteiger partial charge < -0.3 is 5.32 Å². The topological polar surface area (TPSA) is 85.1 Å². The number of rotatable bonds is 5. The SMILES string of the molecule is Cc1nc(-c2ccccc2)sc1CNC(=O)c1ccc([N+](=O)[O-])cc1. The molecular weight excluding hydrogens is 338 g/mol. The second-order valence-electron chi connectivity index (χ2n) is 5.38. The average molecular weight is 353 g/mol. The van der Waals surface area contributed by atoms with Crippen molar-refractivity contribution in [3.8, 4) is 10.6 Å². The van der Waals surface area contributed by atoms with Gasteiger partial charge in [-0.15, -0.1) is 11.3 Å². The summed E-state index contributed by atoms with van der Waals surface area (Å²) in [6.45, 7) is 2.28. The number of thiazole rings is 1. The number of aromatic nitrogens is 1. The minimum absolute atomic E-state index is 0.0395. The molecule has 126 valence electrons. The van der Waals surface area contributed by atoms with Crippen LogP contribution in [0.1, 0.15) is 20.9 Å². The van der Waals surface area contributed by atoms with Gasteiger partial charge in [0.15, 0.2) is 0 Å². The van der Waals surface area contributed by atoms with Crippen molar-refractivity contribution in [1.82, 2.24) is 10.3 Å². The van der Waals surface area contributed by atoms with Gasteiger partial charge in [0.05, 0.1) is 17.2 Å². The van der Waals surface area contributed by atoms with Gasteiger partial charge in [0.1, 0.15) is 5.01 Å². The summed E-state index contributed by atoms with van der Waals surface area (Å²) in [7, 11) is 0. The third kappa shape index (κ3) is 3.89. The van der Waals surface area contributed by atoms with Crippen molar-refractivity contribution in [2.75, 3.05) is 0 Å². The standard InChI is InChI=1S/C18H15N3O3S/c1-12-16(25-18(20-12)14-5-3-2-4-6-14)11-19-17(22)13-7-9-15(10-8-13)21(23)24/h2-10H,11H2,1H3,(H,19,22). The molecule has 0 saturated carbocycles. The maximum Gasteiger partial charge on any atom is 0.269 e. The summed E-state index contributed by atoms with van der Waals surface area (Å²) in [4.78, 5) is 27.9. The number of non-ortho nitro benzene ring substituents is 1. The molecule has 0 spiro atoms. The number of nitro benzene ring substituents is 1. The molecule has 0 aliphatic carbocycles. The highest BCUT2D eigenvalue weighted by molar-refractivity contribution is 7.15. The Bertz CT molecular complexity index is 905. The Morgan fingerprint density at radius 3 is 2.48 bits per heavy atom. The molecule has 2 aromatic carbocycles. The Morgan fingerprint density at radius 2 is 1.84 bits per heavy atom. The second-order valence-corrected chi connectivity index (χ2v) is 6.46. The normalized spacial score (nSPS) is 10.4. The third-order valence-corrected chi connectivity index (χ3v) is 4.87. The first-order valence-corrected chi connectivity index (χ1v) is 8.40. The molecule has 0 radical (unpaired) electrons. The second kappa shape index (κ2) is 7.23. The highest BCUT2D eigenvalue weighted by Gasteiger charge is 2.12. The number of hydrogen-bond acceptors (Lipinski definition) is 5. The zero-order valence-corrected chi connectivity index (χ0v) is 14.2. The molecule has 1 aromatic heterocycles. The third-order valence-electron chi connectivity index (χ3n) is 3.66. The monoisotopic (exact) mass is 353 g/mol. The van der Waals surface area contributed by atoms with Crippen LogP contribution >= 0.6 is 11.3 Å². The van der Waals surface area contributed by atoms with Crippen molar-refractivity contribution in [2.24, 2.45) is 0 Å². The highest BCUT2D eigenvalue weighted by Crippen LogP contribution is 2.27. The van der Waals surface area contributed by atoms with E-state index in [1.54, 1.807) is 11.3 Å². The lowest BCUT2D eigenvalue weighted by atomic mass is 10.2. The summed E-state index contributed by atoms with van der Waals surface area (Å²) in [6.07, 6.45) is 0. The predicted molar refractivity (Wildman–Crippen MR) is 96.6 cm³/mol. The Hall–Kier alpha value is -3.06. The van der Waals surface area contributed by atoms with Crippen molar-refractivity contribution in [3.05, 3.63) is 80.8 Å². The molecule has 25 heavy (non-hydrogen) atoms. The van der Waals surface area contributed by atoms with E-state index in [0.29, 0.717) is 12.1 Å². The molecule has 0 atom stereocenters. The van der Waals surface area contributed by atoms with Crippen molar-refractivity contribution in [1.29, 1.82) is 0 Å². The zero-order chi connectivity index (χ0) is 17.8. The van der Waals surface area contributed by atoms with Gasteiger partial charge in [-0.3, -0.25) is 14.9 Å². The highest BCUT2D eigenvalue weighted by atomic mass is 32.1. The number of nitrogens with zero attached hydrogens (tertiary/aromatic N) is 2. The molecule has 0 fully saturated rings. The quantitative estimate of drug-likeness (QED) is 0.556. The van der Waals surface area contributed by atoms with Crippen LogP contribution in [0.4, 0.5) is 5.69 Å². The molecule has 1 heterocycles. The van der Waals surface area contributed by atoms with Gasteiger partial charge in [-0.1, -0.05) is 30.3 Å². The fraction of sp³-hybridized carbons (Fsp3) is 0.111. The summed E-state index contributed by atoms with van der Waals surface area (Å²) in [5.74, 6) is -0.274. The van der Waals surface area contributed by atoms with Gasteiger partial charge in [0.2, 0.25) is 0 Å². The molecule has 0 unspecified atom stereocenters. The number of hydrogen-bond donors (Lipinski definition) is 1. The Kier molecular flexibility index (Phi) is 4.85. The Morgan fingerprint density at radius 1 is 1.16 bits per heavy atom. The molecule has 1 amide bonds. The van der Waals surface area contributed by atoms with E-state index >= 15 is 0 Å². The van der Waals surface area contributed by atoms with Gasteiger partial charge in [-0.25, -0.2) is 4.98 Å². The smallest absolute Gasteiger partial charge is 0.269 e. The minimum atomic E-state index is -0.493. The van der Waals surface area contributed by atoms with Crippen LogP contribution < -0.4 is 5.32 Å². The number of aryl methyl sites for hydroxylation is 1. The van der Waals surface area contributed by atoms with Crippen LogP contribution in [0.3, 0.4) is 0 Å². The molecule has 3 aromatic rings. The fourth-order valence-electron chi connectivity index (χ4n) is 2.29. The number of carbonyl (C=O) groups is 1. The van der Waals surface area contributed by atoms with Gasteiger partial charge in [-0.2, -0.15) is 0 Å². The molecule has 6 nitrogen and oxygen atoms in total. The first kappa shape index (κ1) is 16.8. The van der Waals surface area contributed by atoms with Crippen LogP contribution in [0.2, 0.25) is 0 Å². The Labute approximate surface area is 148 Å². The molecule has 0 aliphatic heterocycles. The first-order valence-electron chi connectivity index (χ1n) is 7.59. The van der Waals surface area contributed by atoms with Crippen LogP contribution in [0.15, 0.2) is 54.6 Å².